The molecule has 0 amide bonds. The maximum absolute atomic E-state index is 11.9. The lowest BCUT2D eigenvalue weighted by Gasteiger charge is -2.36. The van der Waals surface area contributed by atoms with Gasteiger partial charge in [-0.05, 0) is 49.0 Å². The SMILES string of the molecule is CCOC(=O)[C@@H](C)S(C)(C)c1ccc(CCl)cc1. The number of hydrogen-bond donors (Lipinski definition) is 0. The predicted molar refractivity (Wildman–Crippen MR) is 79.8 cm³/mol. The van der Waals surface area contributed by atoms with Crippen LogP contribution in [0, 0.1) is 0 Å². The average molecular weight is 289 g/mol. The third-order valence-corrected chi connectivity index (χ3v) is 6.94. The molecule has 1 aromatic rings. The van der Waals surface area contributed by atoms with E-state index in [1.165, 1.54) is 4.90 Å². The van der Waals surface area contributed by atoms with Crippen molar-refractivity contribution in [2.45, 2.75) is 29.9 Å². The molecule has 1 rings (SSSR count). The minimum absolute atomic E-state index is 0.0979. The zero-order valence-electron chi connectivity index (χ0n) is 11.4. The number of halogens is 1. The van der Waals surface area contributed by atoms with Gasteiger partial charge in [0.05, 0.1) is 11.9 Å². The van der Waals surface area contributed by atoms with Gasteiger partial charge >= 0.3 is 5.97 Å². The predicted octanol–water partition coefficient (Wildman–Crippen LogP) is 3.80. The molecule has 1 atom stereocenters. The van der Waals surface area contributed by atoms with E-state index >= 15 is 0 Å². The first kappa shape index (κ1) is 15.4. The van der Waals surface area contributed by atoms with E-state index < -0.39 is 10.0 Å². The summed E-state index contributed by atoms with van der Waals surface area (Å²) in [5, 5.41) is -0.0979. The van der Waals surface area contributed by atoms with Crippen LogP contribution in [0.3, 0.4) is 0 Å². The molecule has 0 unspecified atom stereocenters. The van der Waals surface area contributed by atoms with Crippen molar-refractivity contribution in [1.29, 1.82) is 0 Å². The van der Waals surface area contributed by atoms with Gasteiger partial charge in [-0.15, -0.1) is 11.6 Å². The summed E-state index contributed by atoms with van der Waals surface area (Å²) in [6.45, 7) is 4.22. The minimum Gasteiger partial charge on any atom is -0.465 e. The third-order valence-electron chi connectivity index (χ3n) is 3.19. The quantitative estimate of drug-likeness (QED) is 0.608. The Kier molecular flexibility index (Phi) is 5.54. The topological polar surface area (TPSA) is 26.3 Å². The maximum Gasteiger partial charge on any atom is 0.317 e. The van der Waals surface area contributed by atoms with Crippen molar-refractivity contribution in [2.24, 2.45) is 0 Å². The van der Waals surface area contributed by atoms with Gasteiger partial charge in [0, 0.05) is 5.88 Å². The molecular formula is C14H21ClO2S. The highest BCUT2D eigenvalue weighted by Crippen LogP contribution is 2.53. The number of rotatable bonds is 5. The molecule has 2 nitrogen and oxygen atoms in total. The van der Waals surface area contributed by atoms with E-state index in [2.05, 4.69) is 24.6 Å². The summed E-state index contributed by atoms with van der Waals surface area (Å²) in [6.07, 6.45) is 4.29. The van der Waals surface area contributed by atoms with Gasteiger partial charge in [-0.1, -0.05) is 12.1 Å². The second kappa shape index (κ2) is 6.48. The molecule has 18 heavy (non-hydrogen) atoms. The van der Waals surface area contributed by atoms with Gasteiger partial charge < -0.3 is 4.74 Å². The summed E-state index contributed by atoms with van der Waals surface area (Å²) in [5.41, 5.74) is 1.10. The fourth-order valence-corrected chi connectivity index (χ4v) is 3.61. The van der Waals surface area contributed by atoms with Crippen molar-refractivity contribution in [2.75, 3.05) is 19.1 Å². The lowest BCUT2D eigenvalue weighted by molar-refractivity contribution is -0.142. The van der Waals surface area contributed by atoms with E-state index in [1.54, 1.807) is 0 Å². The average Bonchev–Trinajstić information content (AvgIpc) is 2.38. The van der Waals surface area contributed by atoms with E-state index in [1.807, 2.05) is 26.0 Å². The smallest absolute Gasteiger partial charge is 0.317 e. The number of carbonyl (C=O) groups excluding carboxylic acids is 1. The van der Waals surface area contributed by atoms with E-state index in [9.17, 15) is 4.79 Å². The molecule has 0 spiro atoms. The van der Waals surface area contributed by atoms with Gasteiger partial charge in [-0.2, -0.15) is 0 Å². The van der Waals surface area contributed by atoms with Crippen molar-refractivity contribution in [3.8, 4) is 0 Å². The Hall–Kier alpha value is -0.670. The van der Waals surface area contributed by atoms with Crippen LogP contribution >= 0.6 is 21.6 Å². The molecule has 0 bridgehead atoms. The van der Waals surface area contributed by atoms with Gasteiger partial charge in [-0.3, -0.25) is 4.79 Å². The summed E-state index contributed by atoms with van der Waals surface area (Å²) in [6, 6.07) is 8.19. The normalized spacial score (nSPS) is 14.1. The molecular weight excluding hydrogens is 268 g/mol. The highest BCUT2D eigenvalue weighted by Gasteiger charge is 2.29. The Labute approximate surface area is 116 Å². The van der Waals surface area contributed by atoms with E-state index in [-0.39, 0.29) is 11.2 Å². The van der Waals surface area contributed by atoms with Crippen LogP contribution in [0.2, 0.25) is 0 Å². The van der Waals surface area contributed by atoms with Crippen molar-refractivity contribution in [1.82, 2.24) is 0 Å². The number of hydrogen-bond acceptors (Lipinski definition) is 2. The van der Waals surface area contributed by atoms with Crippen molar-refractivity contribution in [3.05, 3.63) is 29.8 Å². The zero-order chi connectivity index (χ0) is 13.8. The van der Waals surface area contributed by atoms with Crippen molar-refractivity contribution >= 4 is 27.6 Å². The molecule has 0 aliphatic heterocycles. The second-order valence-corrected chi connectivity index (χ2v) is 8.83. The first-order valence-electron chi connectivity index (χ1n) is 5.97. The molecule has 4 heteroatoms. The number of alkyl halides is 1. The molecule has 0 aromatic heterocycles. The van der Waals surface area contributed by atoms with Crippen LogP contribution < -0.4 is 0 Å². The molecule has 0 fully saturated rings. The lowest BCUT2D eigenvalue weighted by Crippen LogP contribution is -2.25. The van der Waals surface area contributed by atoms with E-state index in [0.717, 1.165) is 5.56 Å². The Balaban J connectivity index is 2.93. The Morgan fingerprint density at radius 1 is 1.33 bits per heavy atom. The molecule has 1 aromatic carbocycles. The van der Waals surface area contributed by atoms with Gasteiger partial charge in [0.2, 0.25) is 0 Å². The zero-order valence-corrected chi connectivity index (χ0v) is 13.0. The fraction of sp³-hybridized carbons (Fsp3) is 0.500. The largest absolute Gasteiger partial charge is 0.465 e. The summed E-state index contributed by atoms with van der Waals surface area (Å²) in [4.78, 5) is 13.1. The van der Waals surface area contributed by atoms with Gasteiger partial charge in [0.25, 0.3) is 0 Å². The standard InChI is InChI=1S/C14H21ClO2S/c1-5-17-14(16)11(2)18(3,4)13-8-6-12(10-15)7-9-13/h6-9,11H,5,10H2,1-4H3/t11-/m1/s1. The number of ether oxygens (including phenoxy) is 1. The first-order valence-corrected chi connectivity index (χ1v) is 9.02. The highest BCUT2D eigenvalue weighted by atomic mass is 35.5. The molecule has 0 heterocycles. The van der Waals surface area contributed by atoms with Crippen molar-refractivity contribution in [3.63, 3.8) is 0 Å². The summed E-state index contributed by atoms with van der Waals surface area (Å²) in [5.74, 6) is 0.405. The van der Waals surface area contributed by atoms with Crippen LogP contribution in [-0.2, 0) is 15.4 Å². The number of benzene rings is 1. The van der Waals surface area contributed by atoms with E-state index in [4.69, 9.17) is 16.3 Å². The molecule has 0 radical (unpaired) electrons. The first-order chi connectivity index (χ1) is 8.43. The summed E-state index contributed by atoms with van der Waals surface area (Å²) < 4.78 is 5.12. The van der Waals surface area contributed by atoms with Gasteiger partial charge in [0.1, 0.15) is 0 Å². The molecule has 102 valence electrons. The summed E-state index contributed by atoms with van der Waals surface area (Å²) in [7, 11) is -1.20. The van der Waals surface area contributed by atoms with Crippen LogP contribution in [-0.4, -0.2) is 30.3 Å². The molecule has 0 saturated heterocycles. The Morgan fingerprint density at radius 3 is 2.33 bits per heavy atom. The molecule has 0 aliphatic rings. The number of carbonyl (C=O) groups is 1. The second-order valence-electron chi connectivity index (χ2n) is 4.58. The lowest BCUT2D eigenvalue weighted by atomic mass is 10.2. The van der Waals surface area contributed by atoms with Gasteiger partial charge in [0.15, 0.2) is 0 Å². The molecule has 0 saturated carbocycles. The van der Waals surface area contributed by atoms with Crippen LogP contribution in [0.4, 0.5) is 0 Å². The fourth-order valence-electron chi connectivity index (χ4n) is 1.63. The Bertz CT molecular complexity index is 401. The third kappa shape index (κ3) is 3.42. The monoisotopic (exact) mass is 288 g/mol. The van der Waals surface area contributed by atoms with Crippen LogP contribution in [0.25, 0.3) is 0 Å². The number of esters is 1. The van der Waals surface area contributed by atoms with Crippen LogP contribution in [0.1, 0.15) is 19.4 Å². The molecule has 0 aliphatic carbocycles. The Morgan fingerprint density at radius 2 is 1.89 bits per heavy atom. The summed E-state index contributed by atoms with van der Waals surface area (Å²) >= 11 is 5.78. The van der Waals surface area contributed by atoms with E-state index in [0.29, 0.717) is 12.5 Å². The van der Waals surface area contributed by atoms with Gasteiger partial charge in [-0.25, -0.2) is 10.0 Å². The van der Waals surface area contributed by atoms with Crippen LogP contribution in [0.15, 0.2) is 29.2 Å². The van der Waals surface area contributed by atoms with Crippen molar-refractivity contribution < 1.29 is 9.53 Å². The highest BCUT2D eigenvalue weighted by molar-refractivity contribution is 8.33. The van der Waals surface area contributed by atoms with Crippen LogP contribution in [0.5, 0.6) is 0 Å². The minimum atomic E-state index is -1.20. The molecule has 0 N–H and O–H groups in total. The maximum atomic E-state index is 11.9.